The Labute approximate surface area is 150 Å². The van der Waals surface area contributed by atoms with Gasteiger partial charge < -0.3 is 5.32 Å². The molecule has 0 saturated carbocycles. The van der Waals surface area contributed by atoms with E-state index in [0.717, 1.165) is 31.2 Å². The molecule has 0 saturated heterocycles. The molecule has 126 valence electrons. The fourth-order valence-electron chi connectivity index (χ4n) is 3.03. The van der Waals surface area contributed by atoms with Gasteiger partial charge in [0, 0.05) is 22.8 Å². The minimum Gasteiger partial charge on any atom is -0.316 e. The number of nitrogens with zero attached hydrogens (tertiary/aromatic N) is 1. The van der Waals surface area contributed by atoms with Crippen LogP contribution in [-0.2, 0) is 17.6 Å². The Morgan fingerprint density at radius 1 is 1.33 bits per heavy atom. The molecule has 0 bridgehead atoms. The average molecular weight is 361 g/mol. The number of ketones is 1. The number of pyridine rings is 1. The molecular formula is C18H20N2O2S2. The molecule has 0 radical (unpaired) electrons. The van der Waals surface area contributed by atoms with E-state index in [1.165, 1.54) is 16.6 Å². The average Bonchev–Trinajstić information content (AvgIpc) is 3.17. The van der Waals surface area contributed by atoms with Gasteiger partial charge in [0.1, 0.15) is 5.00 Å². The van der Waals surface area contributed by atoms with Crippen molar-refractivity contribution in [3.8, 4) is 0 Å². The molecular weight excluding hydrogens is 340 g/mol. The van der Waals surface area contributed by atoms with Gasteiger partial charge in [-0.05, 0) is 49.6 Å². The highest BCUT2D eigenvalue weighted by Crippen LogP contribution is 2.40. The van der Waals surface area contributed by atoms with Crippen LogP contribution in [0.5, 0.6) is 0 Å². The van der Waals surface area contributed by atoms with Gasteiger partial charge in [-0.25, -0.2) is 0 Å². The van der Waals surface area contributed by atoms with E-state index in [2.05, 4.69) is 10.3 Å². The highest BCUT2D eigenvalue weighted by molar-refractivity contribution is 7.99. The highest BCUT2D eigenvalue weighted by Gasteiger charge is 2.29. The standard InChI is InChI=1S/C18H20N2O2S2/c1-3-13(23-2)17(22)20-18-15(12-5-4-6-14(12)24-18)16(21)11-7-9-19-10-8-11/h7-10,13H,3-6H2,1-2H3,(H,20,22). The van der Waals surface area contributed by atoms with Gasteiger partial charge in [-0.1, -0.05) is 6.92 Å². The molecule has 1 atom stereocenters. The molecule has 2 aromatic heterocycles. The molecule has 3 rings (SSSR count). The first-order chi connectivity index (χ1) is 11.7. The van der Waals surface area contributed by atoms with Crippen LogP contribution >= 0.6 is 23.1 Å². The van der Waals surface area contributed by atoms with E-state index >= 15 is 0 Å². The SMILES string of the molecule is CCC(SC)C(=O)Nc1sc2c(c1C(=O)c1ccncc1)CCC2. The maximum Gasteiger partial charge on any atom is 0.238 e. The molecule has 24 heavy (non-hydrogen) atoms. The van der Waals surface area contributed by atoms with Crippen molar-refractivity contribution in [3.05, 3.63) is 46.1 Å². The van der Waals surface area contributed by atoms with Gasteiger partial charge in [-0.2, -0.15) is 11.8 Å². The Morgan fingerprint density at radius 2 is 2.08 bits per heavy atom. The van der Waals surface area contributed by atoms with Gasteiger partial charge in [-0.15, -0.1) is 11.3 Å². The normalized spacial score (nSPS) is 14.2. The van der Waals surface area contributed by atoms with E-state index in [1.54, 1.807) is 35.9 Å². The van der Waals surface area contributed by atoms with Crippen LogP contribution in [0.15, 0.2) is 24.5 Å². The molecule has 1 unspecified atom stereocenters. The van der Waals surface area contributed by atoms with Crippen LogP contribution in [0.4, 0.5) is 5.00 Å². The topological polar surface area (TPSA) is 59.1 Å². The first kappa shape index (κ1) is 17.2. The van der Waals surface area contributed by atoms with E-state index in [0.29, 0.717) is 16.1 Å². The maximum absolute atomic E-state index is 13.0. The summed E-state index contributed by atoms with van der Waals surface area (Å²) < 4.78 is 0. The van der Waals surface area contributed by atoms with Crippen molar-refractivity contribution in [1.82, 2.24) is 4.98 Å². The third-order valence-corrected chi connectivity index (χ3v) is 6.60. The van der Waals surface area contributed by atoms with Crippen molar-refractivity contribution >= 4 is 39.8 Å². The van der Waals surface area contributed by atoms with Crippen LogP contribution in [0.2, 0.25) is 0 Å². The molecule has 6 heteroatoms. The van der Waals surface area contributed by atoms with Crippen LogP contribution in [0.1, 0.15) is 46.1 Å². The number of carbonyl (C=O) groups excluding carboxylic acids is 2. The predicted octanol–water partition coefficient (Wildman–Crippen LogP) is 3.94. The Morgan fingerprint density at radius 3 is 2.75 bits per heavy atom. The van der Waals surface area contributed by atoms with Crippen LogP contribution in [-0.4, -0.2) is 28.2 Å². The van der Waals surface area contributed by atoms with E-state index in [-0.39, 0.29) is 16.9 Å². The van der Waals surface area contributed by atoms with Gasteiger partial charge in [0.25, 0.3) is 0 Å². The monoisotopic (exact) mass is 360 g/mol. The van der Waals surface area contributed by atoms with E-state index in [1.807, 2.05) is 13.2 Å². The second-order valence-corrected chi connectivity index (χ2v) is 7.89. The lowest BCUT2D eigenvalue weighted by molar-refractivity contribution is -0.115. The zero-order valence-electron chi connectivity index (χ0n) is 13.8. The van der Waals surface area contributed by atoms with Gasteiger partial charge >= 0.3 is 0 Å². The lowest BCUT2D eigenvalue weighted by Gasteiger charge is -2.13. The predicted molar refractivity (Wildman–Crippen MR) is 100 cm³/mol. The van der Waals surface area contributed by atoms with E-state index in [9.17, 15) is 9.59 Å². The molecule has 1 amide bonds. The number of fused-ring (bicyclic) bond motifs is 1. The second kappa shape index (κ2) is 7.49. The first-order valence-corrected chi connectivity index (χ1v) is 10.2. The Bertz CT molecular complexity index is 752. The molecule has 0 fully saturated rings. The lowest BCUT2D eigenvalue weighted by atomic mass is 10.0. The molecule has 2 aromatic rings. The summed E-state index contributed by atoms with van der Waals surface area (Å²) in [5.41, 5.74) is 2.42. The van der Waals surface area contributed by atoms with Gasteiger partial charge in [0.2, 0.25) is 5.91 Å². The zero-order valence-corrected chi connectivity index (χ0v) is 15.4. The summed E-state index contributed by atoms with van der Waals surface area (Å²) in [6, 6.07) is 3.45. The minimum absolute atomic E-state index is 0.0197. The summed E-state index contributed by atoms with van der Waals surface area (Å²) >= 11 is 3.10. The molecule has 4 nitrogen and oxygen atoms in total. The molecule has 0 spiro atoms. The van der Waals surface area contributed by atoms with Crippen molar-refractivity contribution in [2.75, 3.05) is 11.6 Å². The molecule has 1 aliphatic carbocycles. The summed E-state index contributed by atoms with van der Waals surface area (Å²) in [7, 11) is 0. The highest BCUT2D eigenvalue weighted by atomic mass is 32.2. The number of hydrogen-bond acceptors (Lipinski definition) is 5. The van der Waals surface area contributed by atoms with Crippen molar-refractivity contribution in [3.63, 3.8) is 0 Å². The quantitative estimate of drug-likeness (QED) is 0.793. The molecule has 0 aromatic carbocycles. The number of thiophene rings is 1. The summed E-state index contributed by atoms with van der Waals surface area (Å²) in [5, 5.41) is 3.63. The van der Waals surface area contributed by atoms with Gasteiger partial charge in [-0.3, -0.25) is 14.6 Å². The fourth-order valence-corrected chi connectivity index (χ4v) is 4.93. The third kappa shape index (κ3) is 3.26. The number of thioether (sulfide) groups is 1. The zero-order chi connectivity index (χ0) is 17.1. The maximum atomic E-state index is 13.0. The summed E-state index contributed by atoms with van der Waals surface area (Å²) in [6.45, 7) is 2.00. The minimum atomic E-state index is -0.0918. The summed E-state index contributed by atoms with van der Waals surface area (Å²) in [4.78, 5) is 30.7. The van der Waals surface area contributed by atoms with Crippen molar-refractivity contribution in [2.45, 2.75) is 37.9 Å². The number of rotatable bonds is 6. The molecule has 0 aliphatic heterocycles. The van der Waals surface area contributed by atoms with E-state index in [4.69, 9.17) is 0 Å². The third-order valence-electron chi connectivity index (χ3n) is 4.28. The Balaban J connectivity index is 1.96. The van der Waals surface area contributed by atoms with Crippen LogP contribution in [0.25, 0.3) is 0 Å². The number of aromatic nitrogens is 1. The number of nitrogens with one attached hydrogen (secondary N) is 1. The van der Waals surface area contributed by atoms with Crippen molar-refractivity contribution < 1.29 is 9.59 Å². The van der Waals surface area contributed by atoms with Crippen LogP contribution in [0, 0.1) is 0 Å². The Hall–Kier alpha value is -1.66. The molecule has 1 N–H and O–H groups in total. The number of hydrogen-bond donors (Lipinski definition) is 1. The lowest BCUT2D eigenvalue weighted by Crippen LogP contribution is -2.24. The smallest absolute Gasteiger partial charge is 0.238 e. The van der Waals surface area contributed by atoms with Crippen molar-refractivity contribution in [2.24, 2.45) is 0 Å². The van der Waals surface area contributed by atoms with Gasteiger partial charge in [0.15, 0.2) is 5.78 Å². The van der Waals surface area contributed by atoms with Crippen molar-refractivity contribution in [1.29, 1.82) is 0 Å². The number of anilines is 1. The number of amides is 1. The largest absolute Gasteiger partial charge is 0.316 e. The summed E-state index contributed by atoms with van der Waals surface area (Å²) in [5.74, 6) is -0.0435. The molecule has 2 heterocycles. The first-order valence-electron chi connectivity index (χ1n) is 8.08. The fraction of sp³-hybridized carbons (Fsp3) is 0.389. The second-order valence-electron chi connectivity index (χ2n) is 5.75. The molecule has 1 aliphatic rings. The van der Waals surface area contributed by atoms with Crippen LogP contribution < -0.4 is 5.32 Å². The van der Waals surface area contributed by atoms with E-state index < -0.39 is 0 Å². The van der Waals surface area contributed by atoms with Crippen LogP contribution in [0.3, 0.4) is 0 Å². The Kier molecular flexibility index (Phi) is 5.36. The number of carbonyl (C=O) groups is 2. The van der Waals surface area contributed by atoms with Gasteiger partial charge in [0.05, 0.1) is 10.8 Å². The summed E-state index contributed by atoms with van der Waals surface area (Å²) in [6.07, 6.45) is 8.93. The number of aryl methyl sites for hydroxylation is 1.